The van der Waals surface area contributed by atoms with E-state index in [2.05, 4.69) is 22.4 Å². The second kappa shape index (κ2) is 7.26. The topological polar surface area (TPSA) is 60.2 Å². The number of pyridine rings is 1. The molecule has 0 aromatic carbocycles. The standard InChI is InChI=1S/C20H27N3O2/c1-4-10-22-18(5-1)19(8-11-21-13-17-14-24-16-23-17)9-12-25-20(15-19)6-2-3-7-20/h1,4-5,10,14,16,21H,2-3,6-9,11-13,15H2/t19-/m1/s1. The van der Waals surface area contributed by atoms with Gasteiger partial charge in [0.15, 0.2) is 6.39 Å². The molecule has 5 nitrogen and oxygen atoms in total. The summed E-state index contributed by atoms with van der Waals surface area (Å²) in [6.07, 6.45) is 13.3. The molecule has 1 spiro atoms. The highest BCUT2D eigenvalue weighted by Crippen LogP contribution is 2.49. The lowest BCUT2D eigenvalue weighted by Gasteiger charge is -2.46. The smallest absolute Gasteiger partial charge is 0.180 e. The quantitative estimate of drug-likeness (QED) is 0.813. The minimum Gasteiger partial charge on any atom is -0.451 e. The van der Waals surface area contributed by atoms with E-state index in [0.717, 1.165) is 44.7 Å². The maximum Gasteiger partial charge on any atom is 0.180 e. The highest BCUT2D eigenvalue weighted by atomic mass is 16.5. The summed E-state index contributed by atoms with van der Waals surface area (Å²) < 4.78 is 11.3. The van der Waals surface area contributed by atoms with E-state index in [9.17, 15) is 0 Å². The van der Waals surface area contributed by atoms with Crippen LogP contribution < -0.4 is 5.32 Å². The van der Waals surface area contributed by atoms with Crippen molar-refractivity contribution >= 4 is 0 Å². The summed E-state index contributed by atoms with van der Waals surface area (Å²) in [6, 6.07) is 6.32. The van der Waals surface area contributed by atoms with E-state index in [1.807, 2.05) is 12.3 Å². The zero-order valence-corrected chi connectivity index (χ0v) is 14.7. The Morgan fingerprint density at radius 2 is 2.04 bits per heavy atom. The van der Waals surface area contributed by atoms with Crippen molar-refractivity contribution in [3.63, 3.8) is 0 Å². The van der Waals surface area contributed by atoms with Crippen LogP contribution >= 0.6 is 0 Å². The molecule has 25 heavy (non-hydrogen) atoms. The van der Waals surface area contributed by atoms with Gasteiger partial charge in [0.25, 0.3) is 0 Å². The van der Waals surface area contributed by atoms with Crippen LogP contribution in [0.15, 0.2) is 41.5 Å². The van der Waals surface area contributed by atoms with Gasteiger partial charge in [0.1, 0.15) is 6.26 Å². The van der Waals surface area contributed by atoms with Crippen LogP contribution in [-0.4, -0.2) is 28.7 Å². The predicted octanol–water partition coefficient (Wildman–Crippen LogP) is 3.61. The summed E-state index contributed by atoms with van der Waals surface area (Å²) in [5.41, 5.74) is 2.38. The first-order valence-corrected chi connectivity index (χ1v) is 9.44. The zero-order valence-electron chi connectivity index (χ0n) is 14.7. The Hall–Kier alpha value is -1.72. The third-order valence-electron chi connectivity index (χ3n) is 5.94. The lowest BCUT2D eigenvalue weighted by Crippen LogP contribution is -2.47. The molecule has 2 fully saturated rings. The van der Waals surface area contributed by atoms with E-state index in [1.165, 1.54) is 37.8 Å². The van der Waals surface area contributed by atoms with Gasteiger partial charge in [-0.2, -0.15) is 0 Å². The van der Waals surface area contributed by atoms with E-state index in [1.54, 1.807) is 6.26 Å². The number of rotatable bonds is 6. The molecule has 3 heterocycles. The lowest BCUT2D eigenvalue weighted by molar-refractivity contribution is -0.104. The van der Waals surface area contributed by atoms with Crippen molar-refractivity contribution in [1.29, 1.82) is 0 Å². The molecule has 0 unspecified atom stereocenters. The van der Waals surface area contributed by atoms with Crippen molar-refractivity contribution in [2.24, 2.45) is 0 Å². The molecule has 134 valence electrons. The molecule has 1 aliphatic heterocycles. The number of nitrogens with one attached hydrogen (secondary N) is 1. The van der Waals surface area contributed by atoms with Gasteiger partial charge in [0.2, 0.25) is 0 Å². The van der Waals surface area contributed by atoms with Crippen molar-refractivity contribution in [3.05, 3.63) is 48.4 Å². The molecule has 0 amide bonds. The monoisotopic (exact) mass is 341 g/mol. The van der Waals surface area contributed by atoms with Crippen LogP contribution in [0.1, 0.15) is 56.3 Å². The molecule has 2 aromatic rings. The fourth-order valence-electron chi connectivity index (χ4n) is 4.66. The number of hydrogen-bond donors (Lipinski definition) is 1. The lowest BCUT2D eigenvalue weighted by atomic mass is 9.68. The third-order valence-corrected chi connectivity index (χ3v) is 5.94. The van der Waals surface area contributed by atoms with Crippen LogP contribution in [0.5, 0.6) is 0 Å². The second-order valence-electron chi connectivity index (χ2n) is 7.57. The van der Waals surface area contributed by atoms with Gasteiger partial charge in [-0.3, -0.25) is 4.98 Å². The third kappa shape index (κ3) is 3.62. The first kappa shape index (κ1) is 16.7. The number of hydrogen-bond acceptors (Lipinski definition) is 5. The molecule has 0 bridgehead atoms. The Morgan fingerprint density at radius 1 is 1.12 bits per heavy atom. The SMILES string of the molecule is c1ccc([C@]2(CCNCc3cocn3)CCOC3(CCCC3)C2)nc1. The molecule has 5 heteroatoms. The van der Waals surface area contributed by atoms with E-state index in [4.69, 9.17) is 14.1 Å². The maximum atomic E-state index is 6.30. The summed E-state index contributed by atoms with van der Waals surface area (Å²) in [6.45, 7) is 2.54. The van der Waals surface area contributed by atoms with E-state index < -0.39 is 0 Å². The molecule has 2 aromatic heterocycles. The molecule has 1 saturated carbocycles. The minimum atomic E-state index is 0.0852. The van der Waals surface area contributed by atoms with Crippen LogP contribution in [0.3, 0.4) is 0 Å². The van der Waals surface area contributed by atoms with Gasteiger partial charge < -0.3 is 14.5 Å². The van der Waals surface area contributed by atoms with Gasteiger partial charge in [0, 0.05) is 30.5 Å². The van der Waals surface area contributed by atoms with E-state index >= 15 is 0 Å². The normalized spacial score (nSPS) is 25.4. The van der Waals surface area contributed by atoms with Crippen LogP contribution in [0.4, 0.5) is 0 Å². The number of nitrogens with zero attached hydrogens (tertiary/aromatic N) is 2. The molecule has 1 saturated heterocycles. The van der Waals surface area contributed by atoms with Crippen LogP contribution in [0.25, 0.3) is 0 Å². The zero-order chi connectivity index (χ0) is 17.0. The summed E-state index contributed by atoms with van der Waals surface area (Å²) >= 11 is 0. The Bertz CT molecular complexity index is 653. The molecule has 0 radical (unpaired) electrons. The summed E-state index contributed by atoms with van der Waals surface area (Å²) in [7, 11) is 0. The fraction of sp³-hybridized carbons (Fsp3) is 0.600. The first-order valence-electron chi connectivity index (χ1n) is 9.44. The Balaban J connectivity index is 1.48. The molecule has 1 aliphatic carbocycles. The second-order valence-corrected chi connectivity index (χ2v) is 7.57. The summed E-state index contributed by atoms with van der Waals surface area (Å²) in [4.78, 5) is 8.92. The Morgan fingerprint density at radius 3 is 2.80 bits per heavy atom. The highest BCUT2D eigenvalue weighted by molar-refractivity contribution is 5.20. The fourth-order valence-corrected chi connectivity index (χ4v) is 4.66. The number of oxazole rings is 1. The average Bonchev–Trinajstić information content (AvgIpc) is 3.32. The molecule has 2 aliphatic rings. The number of aromatic nitrogens is 2. The van der Waals surface area contributed by atoms with Gasteiger partial charge in [0.05, 0.1) is 11.3 Å². The number of ether oxygens (including phenoxy) is 1. The van der Waals surface area contributed by atoms with Crippen LogP contribution in [0.2, 0.25) is 0 Å². The van der Waals surface area contributed by atoms with Crippen molar-refractivity contribution < 1.29 is 9.15 Å². The van der Waals surface area contributed by atoms with Gasteiger partial charge in [-0.15, -0.1) is 0 Å². The molecule has 4 rings (SSSR count). The van der Waals surface area contributed by atoms with Crippen molar-refractivity contribution in [2.75, 3.05) is 13.2 Å². The Labute approximate surface area is 149 Å². The molecule has 1 N–H and O–H groups in total. The molecular formula is C20H27N3O2. The van der Waals surface area contributed by atoms with E-state index in [-0.39, 0.29) is 11.0 Å². The average molecular weight is 341 g/mol. The highest BCUT2D eigenvalue weighted by Gasteiger charge is 2.48. The summed E-state index contributed by atoms with van der Waals surface area (Å²) in [5, 5.41) is 3.52. The van der Waals surface area contributed by atoms with Gasteiger partial charge >= 0.3 is 0 Å². The van der Waals surface area contributed by atoms with Crippen molar-refractivity contribution in [3.8, 4) is 0 Å². The largest absolute Gasteiger partial charge is 0.451 e. The van der Waals surface area contributed by atoms with Crippen LogP contribution in [0, 0.1) is 0 Å². The predicted molar refractivity (Wildman–Crippen MR) is 95.1 cm³/mol. The van der Waals surface area contributed by atoms with E-state index in [0.29, 0.717) is 0 Å². The van der Waals surface area contributed by atoms with Gasteiger partial charge in [-0.05, 0) is 50.8 Å². The minimum absolute atomic E-state index is 0.0852. The van der Waals surface area contributed by atoms with Crippen LogP contribution in [-0.2, 0) is 16.7 Å². The van der Waals surface area contributed by atoms with Crippen molar-refractivity contribution in [2.45, 2.75) is 62.5 Å². The van der Waals surface area contributed by atoms with Gasteiger partial charge in [-0.25, -0.2) is 4.98 Å². The molecular weight excluding hydrogens is 314 g/mol. The first-order chi connectivity index (χ1) is 12.3. The summed E-state index contributed by atoms with van der Waals surface area (Å²) in [5.74, 6) is 0. The van der Waals surface area contributed by atoms with Crippen molar-refractivity contribution in [1.82, 2.24) is 15.3 Å². The Kier molecular flexibility index (Phi) is 4.86. The van der Waals surface area contributed by atoms with Gasteiger partial charge in [-0.1, -0.05) is 18.9 Å². The maximum absolute atomic E-state index is 6.30. The molecule has 1 atom stereocenters.